The summed E-state index contributed by atoms with van der Waals surface area (Å²) in [6.07, 6.45) is 8.88. The molecule has 1 N–H and O–H groups in total. The Labute approximate surface area is 155 Å². The summed E-state index contributed by atoms with van der Waals surface area (Å²) in [4.78, 5) is 17.2. The van der Waals surface area contributed by atoms with Crippen molar-refractivity contribution in [1.29, 1.82) is 0 Å². The van der Waals surface area contributed by atoms with E-state index in [4.69, 9.17) is 0 Å². The zero-order chi connectivity index (χ0) is 17.0. The predicted octanol–water partition coefficient (Wildman–Crippen LogP) is 3.83. The molecule has 1 aromatic heterocycles. The molecule has 1 amide bonds. The molecule has 1 atom stereocenters. The monoisotopic (exact) mass is 358 g/mol. The first-order valence-electron chi connectivity index (χ1n) is 10.2. The van der Waals surface area contributed by atoms with Crippen LogP contribution in [-0.4, -0.2) is 29.9 Å². The topological polar surface area (TPSA) is 32.3 Å². The minimum Gasteiger partial charge on any atom is -0.354 e. The number of fused-ring (bicyclic) bond motifs is 1. The van der Waals surface area contributed by atoms with Gasteiger partial charge in [-0.15, -0.1) is 11.3 Å². The zero-order valence-corrected chi connectivity index (χ0v) is 16.1. The maximum Gasteiger partial charge on any atom is 0.226 e. The van der Waals surface area contributed by atoms with Gasteiger partial charge in [-0.2, -0.15) is 0 Å². The van der Waals surface area contributed by atoms with E-state index < -0.39 is 0 Å². The van der Waals surface area contributed by atoms with Gasteiger partial charge in [0.15, 0.2) is 0 Å². The van der Waals surface area contributed by atoms with Crippen LogP contribution in [0.1, 0.15) is 55.9 Å². The molecule has 4 aliphatic carbocycles. The van der Waals surface area contributed by atoms with Crippen LogP contribution in [0.4, 0.5) is 0 Å². The fourth-order valence-corrected chi connectivity index (χ4v) is 7.48. The molecule has 0 spiro atoms. The van der Waals surface area contributed by atoms with Gasteiger partial charge in [-0.3, -0.25) is 9.69 Å². The first-order valence-corrected chi connectivity index (χ1v) is 11.1. The third-order valence-electron chi connectivity index (χ3n) is 7.54. The summed E-state index contributed by atoms with van der Waals surface area (Å²) in [6.45, 7) is 5.26. The van der Waals surface area contributed by atoms with Crippen LogP contribution in [-0.2, 0) is 17.8 Å². The number of thiophene rings is 1. The predicted molar refractivity (Wildman–Crippen MR) is 102 cm³/mol. The highest BCUT2D eigenvalue weighted by atomic mass is 32.1. The molecule has 1 unspecified atom stereocenters. The molecule has 1 aliphatic heterocycles. The summed E-state index contributed by atoms with van der Waals surface area (Å²) < 4.78 is 0. The van der Waals surface area contributed by atoms with Gasteiger partial charge in [-0.05, 0) is 86.6 Å². The number of amides is 1. The van der Waals surface area contributed by atoms with Crippen LogP contribution in [0.15, 0.2) is 11.4 Å². The quantitative estimate of drug-likeness (QED) is 0.887. The van der Waals surface area contributed by atoms with Crippen molar-refractivity contribution in [3.05, 3.63) is 21.9 Å². The number of hydrogen-bond acceptors (Lipinski definition) is 3. The molecule has 0 saturated heterocycles. The first kappa shape index (κ1) is 16.3. The SMILES string of the molecule is CC(CNC(=O)C12CC3CC(CC(C3)C1)C2)N1CCc2sccc2C1. The number of nitrogens with zero attached hydrogens (tertiary/aromatic N) is 1. The average Bonchev–Trinajstić information content (AvgIpc) is 3.05. The van der Waals surface area contributed by atoms with Gasteiger partial charge in [0.1, 0.15) is 0 Å². The van der Waals surface area contributed by atoms with Crippen LogP contribution in [0.3, 0.4) is 0 Å². The Bertz CT molecular complexity index is 631. The van der Waals surface area contributed by atoms with Crippen molar-refractivity contribution in [3.63, 3.8) is 0 Å². The molecular formula is C21H30N2OS. The van der Waals surface area contributed by atoms with E-state index in [2.05, 4.69) is 28.6 Å². The van der Waals surface area contributed by atoms with Crippen LogP contribution >= 0.6 is 11.3 Å². The van der Waals surface area contributed by atoms with Gasteiger partial charge in [0.2, 0.25) is 5.91 Å². The fraction of sp³-hybridized carbons (Fsp3) is 0.762. The highest BCUT2D eigenvalue weighted by Gasteiger charge is 2.54. The molecule has 2 heterocycles. The lowest BCUT2D eigenvalue weighted by Gasteiger charge is -2.55. The van der Waals surface area contributed by atoms with Crippen LogP contribution in [0, 0.1) is 23.2 Å². The van der Waals surface area contributed by atoms with Crippen molar-refractivity contribution in [2.24, 2.45) is 23.2 Å². The van der Waals surface area contributed by atoms with Crippen molar-refractivity contribution in [2.75, 3.05) is 13.1 Å². The lowest BCUT2D eigenvalue weighted by atomic mass is 9.49. The molecule has 136 valence electrons. The molecule has 1 aromatic rings. The summed E-state index contributed by atoms with van der Waals surface area (Å²) in [5.74, 6) is 2.90. The van der Waals surface area contributed by atoms with Gasteiger partial charge in [0, 0.05) is 36.0 Å². The van der Waals surface area contributed by atoms with Gasteiger partial charge >= 0.3 is 0 Å². The van der Waals surface area contributed by atoms with Crippen LogP contribution in [0.2, 0.25) is 0 Å². The molecular weight excluding hydrogens is 328 g/mol. The Kier molecular flexibility index (Phi) is 3.97. The largest absolute Gasteiger partial charge is 0.354 e. The average molecular weight is 359 g/mol. The molecule has 0 aromatic carbocycles. The molecule has 3 nitrogen and oxygen atoms in total. The molecule has 4 saturated carbocycles. The summed E-state index contributed by atoms with van der Waals surface area (Å²) >= 11 is 1.89. The summed E-state index contributed by atoms with van der Waals surface area (Å²) in [7, 11) is 0. The minimum absolute atomic E-state index is 0.00308. The Morgan fingerprint density at radius 1 is 1.28 bits per heavy atom. The molecule has 5 aliphatic rings. The lowest BCUT2D eigenvalue weighted by Crippen LogP contribution is -2.55. The van der Waals surface area contributed by atoms with E-state index in [0.717, 1.165) is 37.4 Å². The summed E-state index contributed by atoms with van der Waals surface area (Å²) in [5.41, 5.74) is 1.49. The van der Waals surface area contributed by atoms with E-state index in [9.17, 15) is 4.79 Å². The third kappa shape index (κ3) is 2.86. The summed E-state index contributed by atoms with van der Waals surface area (Å²) in [6, 6.07) is 2.69. The Balaban J connectivity index is 1.19. The van der Waals surface area contributed by atoms with E-state index in [1.54, 1.807) is 4.88 Å². The van der Waals surface area contributed by atoms with E-state index in [0.29, 0.717) is 11.9 Å². The molecule has 4 bridgehead atoms. The highest BCUT2D eigenvalue weighted by Crippen LogP contribution is 2.60. The van der Waals surface area contributed by atoms with Crippen LogP contribution in [0.25, 0.3) is 0 Å². The number of carbonyl (C=O) groups excluding carboxylic acids is 1. The summed E-state index contributed by atoms with van der Waals surface area (Å²) in [5, 5.41) is 5.59. The standard InChI is InChI=1S/C21H30N2OS/c1-14(23-4-2-19-18(13-23)3-5-25-19)12-22-20(24)21-9-15-6-16(10-21)8-17(7-15)11-21/h3,5,14-17H,2,4,6-13H2,1H3,(H,22,24). The maximum absolute atomic E-state index is 13.1. The number of nitrogens with one attached hydrogen (secondary N) is 1. The zero-order valence-electron chi connectivity index (χ0n) is 15.3. The second kappa shape index (κ2) is 6.09. The molecule has 4 fully saturated rings. The van der Waals surface area contributed by atoms with Crippen molar-refractivity contribution in [1.82, 2.24) is 10.2 Å². The van der Waals surface area contributed by atoms with Crippen LogP contribution in [0.5, 0.6) is 0 Å². The number of carbonyl (C=O) groups is 1. The molecule has 4 heteroatoms. The van der Waals surface area contributed by atoms with E-state index in [1.807, 2.05) is 11.3 Å². The molecule has 6 rings (SSSR count). The highest BCUT2D eigenvalue weighted by molar-refractivity contribution is 7.10. The Morgan fingerprint density at radius 2 is 1.96 bits per heavy atom. The third-order valence-corrected chi connectivity index (χ3v) is 8.56. The maximum atomic E-state index is 13.1. The van der Waals surface area contributed by atoms with Gasteiger partial charge in [-0.1, -0.05) is 0 Å². The van der Waals surface area contributed by atoms with Gasteiger partial charge < -0.3 is 5.32 Å². The Hall–Kier alpha value is -0.870. The lowest BCUT2D eigenvalue weighted by molar-refractivity contribution is -0.146. The smallest absolute Gasteiger partial charge is 0.226 e. The van der Waals surface area contributed by atoms with Gasteiger partial charge in [0.05, 0.1) is 0 Å². The first-order chi connectivity index (χ1) is 12.1. The van der Waals surface area contributed by atoms with Crippen molar-refractivity contribution in [3.8, 4) is 0 Å². The molecule has 25 heavy (non-hydrogen) atoms. The van der Waals surface area contributed by atoms with E-state index in [1.165, 1.54) is 50.5 Å². The minimum atomic E-state index is -0.00308. The van der Waals surface area contributed by atoms with Crippen molar-refractivity contribution in [2.45, 2.75) is 64.5 Å². The van der Waals surface area contributed by atoms with E-state index >= 15 is 0 Å². The van der Waals surface area contributed by atoms with Gasteiger partial charge in [-0.25, -0.2) is 0 Å². The normalized spacial score (nSPS) is 37.7. The van der Waals surface area contributed by atoms with Crippen LogP contribution < -0.4 is 5.32 Å². The second-order valence-corrected chi connectivity index (χ2v) is 10.3. The fourth-order valence-electron chi connectivity index (χ4n) is 6.59. The van der Waals surface area contributed by atoms with Crippen molar-refractivity contribution < 1.29 is 4.79 Å². The van der Waals surface area contributed by atoms with E-state index in [-0.39, 0.29) is 5.41 Å². The van der Waals surface area contributed by atoms with Crippen molar-refractivity contribution >= 4 is 17.2 Å². The Morgan fingerprint density at radius 3 is 2.64 bits per heavy atom. The molecule has 0 radical (unpaired) electrons. The number of rotatable bonds is 4. The second-order valence-electron chi connectivity index (χ2n) is 9.35. The number of hydrogen-bond donors (Lipinski definition) is 1. The van der Waals surface area contributed by atoms with Gasteiger partial charge in [0.25, 0.3) is 0 Å².